The number of methoxy groups -OCH3 is 2. The van der Waals surface area contributed by atoms with E-state index in [1.807, 2.05) is 0 Å². The number of nitro groups is 1. The molecule has 0 unspecified atom stereocenters. The second-order valence-corrected chi connectivity index (χ2v) is 7.15. The minimum Gasteiger partial charge on any atom is -0.493 e. The Labute approximate surface area is 180 Å². The van der Waals surface area contributed by atoms with Crippen LogP contribution in [0.3, 0.4) is 0 Å². The van der Waals surface area contributed by atoms with Gasteiger partial charge < -0.3 is 14.2 Å². The number of nitrogens with zero attached hydrogens (tertiary/aromatic N) is 2. The van der Waals surface area contributed by atoms with Crippen LogP contribution in [0, 0.1) is 10.1 Å². The number of ether oxygens (including phenoxy) is 3. The van der Waals surface area contributed by atoms with Crippen LogP contribution in [-0.2, 0) is 9.53 Å². The summed E-state index contributed by atoms with van der Waals surface area (Å²) in [5.74, 6) is -0.227. The van der Waals surface area contributed by atoms with Crippen molar-refractivity contribution in [2.45, 2.75) is 0 Å². The van der Waals surface area contributed by atoms with Crippen molar-refractivity contribution in [3.63, 3.8) is 0 Å². The van der Waals surface area contributed by atoms with Crippen molar-refractivity contribution in [1.82, 2.24) is 5.43 Å². The van der Waals surface area contributed by atoms with Gasteiger partial charge in [-0.15, -0.1) is 11.3 Å². The molecule has 0 bridgehead atoms. The van der Waals surface area contributed by atoms with E-state index in [-0.39, 0.29) is 12.3 Å². The van der Waals surface area contributed by atoms with Gasteiger partial charge in [-0.3, -0.25) is 14.9 Å². The molecule has 1 amide bonds. The number of nitro benzene ring substituents is 1. The molecule has 2 aromatic carbocycles. The van der Waals surface area contributed by atoms with Gasteiger partial charge in [0.25, 0.3) is 11.6 Å². The van der Waals surface area contributed by atoms with Gasteiger partial charge in [-0.25, -0.2) is 10.2 Å². The molecule has 1 N–H and O–H groups in total. The van der Waals surface area contributed by atoms with Crippen molar-refractivity contribution in [3.8, 4) is 11.5 Å². The molecule has 0 saturated heterocycles. The summed E-state index contributed by atoms with van der Waals surface area (Å²) in [6.07, 6.45) is 1.42. The first-order valence-electron chi connectivity index (χ1n) is 8.80. The van der Waals surface area contributed by atoms with Crippen LogP contribution in [0.4, 0.5) is 5.69 Å². The highest BCUT2D eigenvalue weighted by Gasteiger charge is 2.13. The smallest absolute Gasteiger partial charge is 0.343 e. The molecule has 0 aliphatic carbocycles. The van der Waals surface area contributed by atoms with Crippen LogP contribution in [0.5, 0.6) is 11.5 Å². The van der Waals surface area contributed by atoms with E-state index >= 15 is 0 Å². The number of rotatable bonds is 8. The summed E-state index contributed by atoms with van der Waals surface area (Å²) in [7, 11) is 2.72. The Balaban J connectivity index is 1.67. The second-order valence-electron chi connectivity index (χ2n) is 6.06. The highest BCUT2D eigenvalue weighted by Crippen LogP contribution is 2.29. The minimum absolute atomic E-state index is 0.0387. The van der Waals surface area contributed by atoms with Crippen molar-refractivity contribution in [3.05, 3.63) is 63.0 Å². The third kappa shape index (κ3) is 5.34. The number of benzene rings is 2. The highest BCUT2D eigenvalue weighted by atomic mass is 32.1. The standard InChI is InChI=1S/C20H17N3O7S/c1-28-16-7-12(3-5-15(16)30-11-19(24)29-2)10-21-22-20(25)18-9-13-8-14(23(26)27)4-6-17(13)31-18/h3-10H,11H2,1-2H3,(H,22,25)/b21-10-. The number of thiophene rings is 1. The van der Waals surface area contributed by atoms with E-state index in [1.54, 1.807) is 30.3 Å². The largest absolute Gasteiger partial charge is 0.493 e. The van der Waals surface area contributed by atoms with Gasteiger partial charge in [0.05, 0.1) is 30.2 Å². The predicted molar refractivity (Wildman–Crippen MR) is 114 cm³/mol. The van der Waals surface area contributed by atoms with Crippen molar-refractivity contribution in [1.29, 1.82) is 0 Å². The quantitative estimate of drug-likeness (QED) is 0.245. The molecular weight excluding hydrogens is 426 g/mol. The molecule has 0 aliphatic heterocycles. The van der Waals surface area contributed by atoms with Crippen molar-refractivity contribution >= 4 is 45.2 Å². The van der Waals surface area contributed by atoms with Crippen molar-refractivity contribution in [2.75, 3.05) is 20.8 Å². The number of amides is 1. The lowest BCUT2D eigenvalue weighted by atomic mass is 10.2. The van der Waals surface area contributed by atoms with Crippen LogP contribution in [0.1, 0.15) is 15.2 Å². The fraction of sp³-hybridized carbons (Fsp3) is 0.150. The minimum atomic E-state index is -0.522. The van der Waals surface area contributed by atoms with Crippen molar-refractivity contribution in [2.24, 2.45) is 5.10 Å². The van der Waals surface area contributed by atoms with E-state index < -0.39 is 16.8 Å². The number of carbonyl (C=O) groups is 2. The number of non-ortho nitro benzene ring substituents is 1. The van der Waals surface area contributed by atoms with Gasteiger partial charge in [0, 0.05) is 22.2 Å². The number of hydrogen-bond acceptors (Lipinski definition) is 9. The predicted octanol–water partition coefficient (Wildman–Crippen LogP) is 3.13. The maximum absolute atomic E-state index is 12.3. The maximum atomic E-state index is 12.3. The monoisotopic (exact) mass is 443 g/mol. The fourth-order valence-electron chi connectivity index (χ4n) is 2.56. The molecule has 1 aromatic heterocycles. The number of nitrogens with one attached hydrogen (secondary N) is 1. The summed E-state index contributed by atoms with van der Waals surface area (Å²) < 4.78 is 15.8. The Morgan fingerprint density at radius 1 is 1.16 bits per heavy atom. The first-order valence-corrected chi connectivity index (χ1v) is 9.62. The molecule has 3 rings (SSSR count). The van der Waals surface area contributed by atoms with E-state index in [0.29, 0.717) is 27.3 Å². The Morgan fingerprint density at radius 3 is 2.68 bits per heavy atom. The molecule has 0 spiro atoms. The number of carbonyl (C=O) groups excluding carboxylic acids is 2. The summed E-state index contributed by atoms with van der Waals surface area (Å²) in [6.45, 7) is -0.255. The summed E-state index contributed by atoms with van der Waals surface area (Å²) >= 11 is 1.21. The highest BCUT2D eigenvalue weighted by molar-refractivity contribution is 7.20. The van der Waals surface area contributed by atoms with Gasteiger partial charge in [0.15, 0.2) is 18.1 Å². The third-order valence-corrected chi connectivity index (χ3v) is 5.19. The van der Waals surface area contributed by atoms with Crippen LogP contribution < -0.4 is 14.9 Å². The zero-order chi connectivity index (χ0) is 22.4. The van der Waals surface area contributed by atoms with Crippen LogP contribution in [0.2, 0.25) is 0 Å². The second kappa shape index (κ2) is 9.67. The van der Waals surface area contributed by atoms with Crippen LogP contribution in [-0.4, -0.2) is 43.8 Å². The molecule has 11 heteroatoms. The fourth-order valence-corrected chi connectivity index (χ4v) is 3.49. The van der Waals surface area contributed by atoms with E-state index in [4.69, 9.17) is 9.47 Å². The summed E-state index contributed by atoms with van der Waals surface area (Å²) in [5.41, 5.74) is 3.00. The molecule has 1 heterocycles. The summed E-state index contributed by atoms with van der Waals surface area (Å²) in [4.78, 5) is 34.3. The SMILES string of the molecule is COC(=O)COc1ccc(/C=N\NC(=O)c2cc3cc([N+](=O)[O-])ccc3s2)cc1OC. The van der Waals surface area contributed by atoms with Crippen LogP contribution >= 0.6 is 11.3 Å². The number of fused-ring (bicyclic) bond motifs is 1. The average molecular weight is 443 g/mol. The molecular formula is C20H17N3O7S. The normalized spacial score (nSPS) is 10.8. The van der Waals surface area contributed by atoms with E-state index in [9.17, 15) is 19.7 Å². The van der Waals surface area contributed by atoms with Gasteiger partial charge in [-0.1, -0.05) is 0 Å². The van der Waals surface area contributed by atoms with E-state index in [2.05, 4.69) is 15.3 Å². The summed E-state index contributed by atoms with van der Waals surface area (Å²) in [6, 6.07) is 10.9. The molecule has 160 valence electrons. The Morgan fingerprint density at radius 2 is 1.97 bits per heavy atom. The molecule has 0 radical (unpaired) electrons. The molecule has 3 aromatic rings. The van der Waals surface area contributed by atoms with Gasteiger partial charge in [0.2, 0.25) is 0 Å². The first kappa shape index (κ1) is 21.7. The lowest BCUT2D eigenvalue weighted by Crippen LogP contribution is -2.16. The Kier molecular flexibility index (Phi) is 6.78. The number of hydrazone groups is 1. The lowest BCUT2D eigenvalue weighted by molar-refractivity contribution is -0.384. The number of esters is 1. The van der Waals surface area contributed by atoms with Gasteiger partial charge >= 0.3 is 5.97 Å². The van der Waals surface area contributed by atoms with Crippen LogP contribution in [0.25, 0.3) is 10.1 Å². The van der Waals surface area contributed by atoms with Gasteiger partial charge in [-0.2, -0.15) is 5.10 Å². The maximum Gasteiger partial charge on any atom is 0.343 e. The Bertz CT molecular complexity index is 1170. The topological polar surface area (TPSA) is 129 Å². The molecule has 0 aliphatic rings. The molecule has 0 fully saturated rings. The first-order chi connectivity index (χ1) is 14.9. The average Bonchev–Trinajstić information content (AvgIpc) is 3.21. The van der Waals surface area contributed by atoms with E-state index in [0.717, 1.165) is 4.70 Å². The van der Waals surface area contributed by atoms with Gasteiger partial charge in [0.1, 0.15) is 0 Å². The molecule has 31 heavy (non-hydrogen) atoms. The van der Waals surface area contributed by atoms with Gasteiger partial charge in [-0.05, 0) is 35.9 Å². The molecule has 10 nitrogen and oxygen atoms in total. The van der Waals surface area contributed by atoms with E-state index in [1.165, 1.54) is 43.9 Å². The van der Waals surface area contributed by atoms with Crippen LogP contribution in [0.15, 0.2) is 47.6 Å². The Hall–Kier alpha value is -3.99. The summed E-state index contributed by atoms with van der Waals surface area (Å²) in [5, 5.41) is 15.4. The number of hydrogen-bond donors (Lipinski definition) is 1. The molecule has 0 atom stereocenters. The lowest BCUT2D eigenvalue weighted by Gasteiger charge is -2.10. The zero-order valence-electron chi connectivity index (χ0n) is 16.5. The zero-order valence-corrected chi connectivity index (χ0v) is 17.3. The van der Waals surface area contributed by atoms with Crippen molar-refractivity contribution < 1.29 is 28.7 Å². The molecule has 0 saturated carbocycles. The third-order valence-electron chi connectivity index (χ3n) is 4.08.